The fraction of sp³-hybridized carbons (Fsp3) is 0. The highest BCUT2D eigenvalue weighted by Gasteiger charge is 2.11. The average Bonchev–Trinajstić information content (AvgIpc) is 2.94. The van der Waals surface area contributed by atoms with Crippen LogP contribution in [0.3, 0.4) is 0 Å². The Labute approximate surface area is 125 Å². The summed E-state index contributed by atoms with van der Waals surface area (Å²) in [7, 11) is 0. The molecule has 0 bridgehead atoms. The fourth-order valence-corrected chi connectivity index (χ4v) is 4.28. The Bertz CT molecular complexity index is 1050. The highest BCUT2D eigenvalue weighted by Crippen LogP contribution is 2.40. The highest BCUT2D eigenvalue weighted by atomic mass is 32.1. The zero-order valence-electron chi connectivity index (χ0n) is 11.2. The lowest BCUT2D eigenvalue weighted by molar-refractivity contribution is 1.46. The molecule has 0 amide bonds. The number of thiophene rings is 1. The smallest absolute Gasteiger partial charge is 0.0709 e. The van der Waals surface area contributed by atoms with Gasteiger partial charge in [0.05, 0.1) is 10.2 Å². The summed E-state index contributed by atoms with van der Waals surface area (Å²) in [6.45, 7) is 0. The summed E-state index contributed by atoms with van der Waals surface area (Å²) in [6.07, 6.45) is 2.01. The maximum Gasteiger partial charge on any atom is 0.0709 e. The van der Waals surface area contributed by atoms with Crippen LogP contribution in [-0.4, -0.2) is 4.98 Å². The number of hydrogen-bond donors (Lipinski definition) is 0. The molecule has 0 spiro atoms. The van der Waals surface area contributed by atoms with Crippen LogP contribution < -0.4 is 0 Å². The summed E-state index contributed by atoms with van der Waals surface area (Å²) in [5.74, 6) is 0. The van der Waals surface area contributed by atoms with E-state index in [1.807, 2.05) is 23.6 Å². The van der Waals surface area contributed by atoms with Gasteiger partial charge in [-0.25, -0.2) is 0 Å². The summed E-state index contributed by atoms with van der Waals surface area (Å²) in [4.78, 5) is 4.60. The highest BCUT2D eigenvalue weighted by molar-refractivity contribution is 7.26. The second-order valence-corrected chi connectivity index (χ2v) is 6.36. The molecule has 98 valence electrons. The van der Waals surface area contributed by atoms with Gasteiger partial charge in [-0.15, -0.1) is 11.3 Å². The molecule has 0 aliphatic rings. The molecule has 0 saturated heterocycles. The number of benzene rings is 3. The quantitative estimate of drug-likeness (QED) is 0.353. The van der Waals surface area contributed by atoms with Crippen molar-refractivity contribution in [3.8, 4) is 0 Å². The summed E-state index contributed by atoms with van der Waals surface area (Å²) in [5.41, 5.74) is 1.07. The summed E-state index contributed by atoms with van der Waals surface area (Å²) in [5, 5.41) is 6.59. The van der Waals surface area contributed by atoms with Crippen LogP contribution in [0.1, 0.15) is 0 Å². The zero-order valence-corrected chi connectivity index (χ0v) is 12.0. The van der Waals surface area contributed by atoms with Gasteiger partial charge in [-0.05, 0) is 22.9 Å². The predicted molar refractivity (Wildman–Crippen MR) is 92.1 cm³/mol. The maximum absolute atomic E-state index is 4.60. The first-order valence-electron chi connectivity index (χ1n) is 6.99. The minimum Gasteiger partial charge on any atom is -0.255 e. The molecule has 0 aliphatic carbocycles. The third-order valence-corrected chi connectivity index (χ3v) is 5.19. The van der Waals surface area contributed by atoms with Crippen molar-refractivity contribution in [3.63, 3.8) is 0 Å². The molecule has 0 saturated carbocycles. The average molecular weight is 285 g/mol. The van der Waals surface area contributed by atoms with Gasteiger partial charge >= 0.3 is 0 Å². The normalized spacial score (nSPS) is 11.8. The van der Waals surface area contributed by atoms with E-state index in [2.05, 4.69) is 59.6 Å². The Morgan fingerprint density at radius 3 is 2.38 bits per heavy atom. The monoisotopic (exact) mass is 285 g/mol. The molecular weight excluding hydrogens is 274 g/mol. The zero-order chi connectivity index (χ0) is 13.8. The molecular formula is C19H11NS. The van der Waals surface area contributed by atoms with E-state index < -0.39 is 0 Å². The lowest BCUT2D eigenvalue weighted by atomic mass is 10.0. The molecule has 2 aromatic heterocycles. The summed E-state index contributed by atoms with van der Waals surface area (Å²) < 4.78 is 2.60. The predicted octanol–water partition coefficient (Wildman–Crippen LogP) is 5.76. The third-order valence-electron chi connectivity index (χ3n) is 4.10. The fourth-order valence-electron chi connectivity index (χ4n) is 3.17. The van der Waals surface area contributed by atoms with Crippen molar-refractivity contribution in [2.75, 3.05) is 0 Å². The number of nitrogens with zero attached hydrogens (tertiary/aromatic N) is 1. The first-order valence-corrected chi connectivity index (χ1v) is 7.81. The molecule has 0 N–H and O–H groups in total. The van der Waals surface area contributed by atoms with E-state index in [0.29, 0.717) is 0 Å². The Morgan fingerprint density at radius 2 is 1.43 bits per heavy atom. The lowest BCUT2D eigenvalue weighted by Crippen LogP contribution is -1.79. The van der Waals surface area contributed by atoms with Gasteiger partial charge in [-0.1, -0.05) is 48.5 Å². The van der Waals surface area contributed by atoms with Crippen LogP contribution in [0.2, 0.25) is 0 Å². The third kappa shape index (κ3) is 1.48. The van der Waals surface area contributed by atoms with Gasteiger partial charge in [-0.2, -0.15) is 0 Å². The van der Waals surface area contributed by atoms with Crippen LogP contribution in [0.25, 0.3) is 41.8 Å². The van der Waals surface area contributed by atoms with Gasteiger partial charge in [0.25, 0.3) is 0 Å². The molecule has 0 radical (unpaired) electrons. The van der Waals surface area contributed by atoms with Crippen LogP contribution in [0, 0.1) is 0 Å². The van der Waals surface area contributed by atoms with Crippen molar-refractivity contribution in [2.45, 2.75) is 0 Å². The summed E-state index contributed by atoms with van der Waals surface area (Å²) >= 11 is 1.83. The van der Waals surface area contributed by atoms with Gasteiger partial charge in [0.2, 0.25) is 0 Å². The number of pyridine rings is 1. The number of rotatable bonds is 0. The van der Waals surface area contributed by atoms with Crippen molar-refractivity contribution < 1.29 is 0 Å². The van der Waals surface area contributed by atoms with E-state index in [4.69, 9.17) is 0 Å². The van der Waals surface area contributed by atoms with Crippen LogP contribution in [0.5, 0.6) is 0 Å². The van der Waals surface area contributed by atoms with Crippen molar-refractivity contribution in [1.29, 1.82) is 0 Å². The molecule has 5 rings (SSSR count). The maximum atomic E-state index is 4.60. The van der Waals surface area contributed by atoms with E-state index in [1.165, 1.54) is 36.3 Å². The van der Waals surface area contributed by atoms with Crippen molar-refractivity contribution >= 4 is 53.2 Å². The molecule has 0 fully saturated rings. The van der Waals surface area contributed by atoms with Gasteiger partial charge in [-0.3, -0.25) is 4.98 Å². The molecule has 21 heavy (non-hydrogen) atoms. The van der Waals surface area contributed by atoms with Crippen LogP contribution in [0.4, 0.5) is 0 Å². The minimum atomic E-state index is 1.07. The molecule has 3 aromatic carbocycles. The van der Waals surface area contributed by atoms with E-state index in [-0.39, 0.29) is 0 Å². The van der Waals surface area contributed by atoms with Gasteiger partial charge in [0, 0.05) is 27.1 Å². The molecule has 2 heterocycles. The lowest BCUT2D eigenvalue weighted by Gasteiger charge is -2.02. The number of para-hydroxylation sites is 1. The van der Waals surface area contributed by atoms with Crippen molar-refractivity contribution in [1.82, 2.24) is 4.98 Å². The van der Waals surface area contributed by atoms with Crippen LogP contribution in [-0.2, 0) is 0 Å². The topological polar surface area (TPSA) is 12.9 Å². The number of fused-ring (bicyclic) bond motifs is 7. The SMILES string of the molecule is c1ccc2c(c1)ccc1sc3cnc4ccccc4c3c12. The molecule has 2 heteroatoms. The second-order valence-electron chi connectivity index (χ2n) is 5.28. The first kappa shape index (κ1) is 11.2. The standard InChI is InChI=1S/C19H11NS/c1-2-6-13-12(5-1)9-10-16-18(13)19-14-7-3-4-8-15(14)20-11-17(19)21-16/h1-11H. The van der Waals surface area contributed by atoms with E-state index in [1.54, 1.807) is 0 Å². The van der Waals surface area contributed by atoms with E-state index >= 15 is 0 Å². The summed E-state index contributed by atoms with van der Waals surface area (Å²) in [6, 6.07) is 21.5. The van der Waals surface area contributed by atoms with Gasteiger partial charge < -0.3 is 0 Å². The number of aromatic nitrogens is 1. The second kappa shape index (κ2) is 4.03. The number of hydrogen-bond acceptors (Lipinski definition) is 2. The Balaban J connectivity index is 2.18. The molecule has 5 aromatic rings. The van der Waals surface area contributed by atoms with E-state index in [9.17, 15) is 0 Å². The first-order chi connectivity index (χ1) is 10.4. The Kier molecular flexibility index (Phi) is 2.15. The van der Waals surface area contributed by atoms with Crippen LogP contribution >= 0.6 is 11.3 Å². The minimum absolute atomic E-state index is 1.07. The molecule has 0 aliphatic heterocycles. The Hall–Kier alpha value is -2.45. The molecule has 0 unspecified atom stereocenters. The van der Waals surface area contributed by atoms with Crippen molar-refractivity contribution in [2.24, 2.45) is 0 Å². The van der Waals surface area contributed by atoms with E-state index in [0.717, 1.165) is 5.52 Å². The van der Waals surface area contributed by atoms with Crippen LogP contribution in [0.15, 0.2) is 66.9 Å². The van der Waals surface area contributed by atoms with Gasteiger partial charge in [0.15, 0.2) is 0 Å². The van der Waals surface area contributed by atoms with Crippen molar-refractivity contribution in [3.05, 3.63) is 66.9 Å². The largest absolute Gasteiger partial charge is 0.255 e. The van der Waals surface area contributed by atoms with Gasteiger partial charge in [0.1, 0.15) is 0 Å². The Morgan fingerprint density at radius 1 is 0.667 bits per heavy atom. The molecule has 0 atom stereocenters. The molecule has 1 nitrogen and oxygen atoms in total.